The summed E-state index contributed by atoms with van der Waals surface area (Å²) in [6.45, 7) is 4.33. The van der Waals surface area contributed by atoms with Crippen LogP contribution in [0.15, 0.2) is 29.2 Å². The molecule has 0 aromatic heterocycles. The predicted molar refractivity (Wildman–Crippen MR) is 84.6 cm³/mol. The Morgan fingerprint density at radius 1 is 1.19 bits per heavy atom. The molecular weight excluding hydrogens is 288 g/mol. The number of nitrogens with zero attached hydrogens (tertiary/aromatic N) is 1. The molecule has 5 nitrogen and oxygen atoms in total. The van der Waals surface area contributed by atoms with Crippen molar-refractivity contribution in [3.05, 3.63) is 29.8 Å². The molecule has 0 radical (unpaired) electrons. The van der Waals surface area contributed by atoms with Crippen molar-refractivity contribution >= 4 is 10.0 Å². The van der Waals surface area contributed by atoms with Crippen molar-refractivity contribution < 1.29 is 13.5 Å². The first-order valence-electron chi connectivity index (χ1n) is 7.18. The minimum absolute atomic E-state index is 0.134. The third-order valence-corrected chi connectivity index (χ3v) is 5.32. The quantitative estimate of drug-likeness (QED) is 0.767. The molecule has 2 atom stereocenters. The Kier molecular flexibility index (Phi) is 6.80. The fourth-order valence-corrected chi connectivity index (χ4v) is 3.04. The summed E-state index contributed by atoms with van der Waals surface area (Å²) < 4.78 is 25.2. The number of rotatable bonds is 8. The van der Waals surface area contributed by atoms with Gasteiger partial charge in [-0.3, -0.25) is 0 Å². The third-order valence-electron chi connectivity index (χ3n) is 3.49. The molecule has 0 fully saturated rings. The van der Waals surface area contributed by atoms with Gasteiger partial charge in [-0.1, -0.05) is 12.1 Å². The van der Waals surface area contributed by atoms with Crippen LogP contribution in [-0.4, -0.2) is 44.6 Å². The molecular formula is C15H26N2O3S. The Morgan fingerprint density at radius 3 is 2.24 bits per heavy atom. The highest BCUT2D eigenvalue weighted by atomic mass is 32.2. The maximum absolute atomic E-state index is 12.0. The van der Waals surface area contributed by atoms with E-state index in [1.165, 1.54) is 18.4 Å². The van der Waals surface area contributed by atoms with Gasteiger partial charge in [-0.25, -0.2) is 12.7 Å². The molecule has 2 unspecified atom stereocenters. The number of sulfonamides is 1. The second-order valence-electron chi connectivity index (χ2n) is 5.51. The third kappa shape index (κ3) is 5.07. The number of nitrogens with one attached hydrogen (secondary N) is 1. The average molecular weight is 314 g/mol. The summed E-state index contributed by atoms with van der Waals surface area (Å²) in [6, 6.07) is 7.40. The summed E-state index contributed by atoms with van der Waals surface area (Å²) in [7, 11) is -0.321. The van der Waals surface area contributed by atoms with Crippen molar-refractivity contribution in [2.45, 2.75) is 43.7 Å². The van der Waals surface area contributed by atoms with Gasteiger partial charge in [0.2, 0.25) is 10.0 Å². The molecule has 0 aliphatic rings. The van der Waals surface area contributed by atoms with Crippen LogP contribution in [-0.2, 0) is 10.0 Å². The topological polar surface area (TPSA) is 69.6 Å². The normalized spacial score (nSPS) is 15.1. The van der Waals surface area contributed by atoms with E-state index in [-0.39, 0.29) is 12.6 Å². The van der Waals surface area contributed by atoms with Gasteiger partial charge in [0, 0.05) is 32.8 Å². The number of aliphatic hydroxyl groups is 1. The average Bonchev–Trinajstić information content (AvgIpc) is 2.45. The van der Waals surface area contributed by atoms with Crippen LogP contribution in [0.1, 0.15) is 38.3 Å². The molecule has 1 aromatic rings. The van der Waals surface area contributed by atoms with Crippen LogP contribution in [0.4, 0.5) is 0 Å². The molecule has 1 rings (SSSR count). The van der Waals surface area contributed by atoms with E-state index in [1.54, 1.807) is 12.1 Å². The number of hydrogen-bond acceptors (Lipinski definition) is 4. The zero-order valence-corrected chi connectivity index (χ0v) is 14.0. The van der Waals surface area contributed by atoms with Crippen LogP contribution in [0, 0.1) is 0 Å². The summed E-state index contributed by atoms with van der Waals surface area (Å²) in [6.07, 6.45) is 1.69. The lowest BCUT2D eigenvalue weighted by atomic mass is 10.1. The van der Waals surface area contributed by atoms with E-state index in [9.17, 15) is 8.42 Å². The van der Waals surface area contributed by atoms with Gasteiger partial charge >= 0.3 is 0 Å². The lowest BCUT2D eigenvalue weighted by molar-refractivity contribution is 0.274. The second-order valence-corrected chi connectivity index (χ2v) is 7.66. The molecule has 21 heavy (non-hydrogen) atoms. The minimum atomic E-state index is -3.37. The SMILES string of the molecule is CC(CCCO)NC(C)c1ccc(S(=O)(=O)N(C)C)cc1. The molecule has 0 aliphatic heterocycles. The monoisotopic (exact) mass is 314 g/mol. The Labute approximate surface area is 128 Å². The maximum Gasteiger partial charge on any atom is 0.242 e. The van der Waals surface area contributed by atoms with Crippen molar-refractivity contribution in [2.24, 2.45) is 0 Å². The van der Waals surface area contributed by atoms with Crippen molar-refractivity contribution in [1.82, 2.24) is 9.62 Å². The summed E-state index contributed by atoms with van der Waals surface area (Å²) in [5.74, 6) is 0. The van der Waals surface area contributed by atoms with E-state index >= 15 is 0 Å². The van der Waals surface area contributed by atoms with Gasteiger partial charge in [0.25, 0.3) is 0 Å². The van der Waals surface area contributed by atoms with Crippen molar-refractivity contribution in [3.63, 3.8) is 0 Å². The Morgan fingerprint density at radius 2 is 1.76 bits per heavy atom. The van der Waals surface area contributed by atoms with Gasteiger partial charge in [0.05, 0.1) is 4.90 Å². The van der Waals surface area contributed by atoms with E-state index in [0.717, 1.165) is 18.4 Å². The van der Waals surface area contributed by atoms with Crippen LogP contribution in [0.5, 0.6) is 0 Å². The summed E-state index contributed by atoms with van der Waals surface area (Å²) in [5.41, 5.74) is 1.04. The standard InChI is InChI=1S/C15H26N2O3S/c1-12(6-5-11-18)16-13(2)14-7-9-15(10-8-14)21(19,20)17(3)4/h7-10,12-13,16,18H,5-6,11H2,1-4H3. The van der Waals surface area contributed by atoms with Gasteiger partial charge in [-0.15, -0.1) is 0 Å². The van der Waals surface area contributed by atoms with Gasteiger partial charge < -0.3 is 10.4 Å². The molecule has 0 heterocycles. The van der Waals surface area contributed by atoms with Crippen LogP contribution in [0.25, 0.3) is 0 Å². The van der Waals surface area contributed by atoms with E-state index < -0.39 is 10.0 Å². The minimum Gasteiger partial charge on any atom is -0.396 e. The zero-order chi connectivity index (χ0) is 16.0. The first-order chi connectivity index (χ1) is 9.78. The predicted octanol–water partition coefficient (Wildman–Crippen LogP) is 1.75. The molecule has 0 amide bonds. The van der Waals surface area contributed by atoms with Gasteiger partial charge in [-0.05, 0) is 44.4 Å². The van der Waals surface area contributed by atoms with Gasteiger partial charge in [-0.2, -0.15) is 0 Å². The largest absolute Gasteiger partial charge is 0.396 e. The molecule has 2 N–H and O–H groups in total. The Hall–Kier alpha value is -0.950. The fraction of sp³-hybridized carbons (Fsp3) is 0.600. The molecule has 0 bridgehead atoms. The van der Waals surface area contributed by atoms with Crippen molar-refractivity contribution in [2.75, 3.05) is 20.7 Å². The molecule has 0 spiro atoms. The van der Waals surface area contributed by atoms with Crippen LogP contribution < -0.4 is 5.32 Å². The highest BCUT2D eigenvalue weighted by Gasteiger charge is 2.17. The van der Waals surface area contributed by atoms with E-state index in [2.05, 4.69) is 12.2 Å². The van der Waals surface area contributed by atoms with Gasteiger partial charge in [0.15, 0.2) is 0 Å². The molecule has 0 aliphatic carbocycles. The van der Waals surface area contributed by atoms with E-state index in [0.29, 0.717) is 10.9 Å². The highest BCUT2D eigenvalue weighted by Crippen LogP contribution is 2.18. The Balaban J connectivity index is 2.74. The van der Waals surface area contributed by atoms with E-state index in [1.807, 2.05) is 19.1 Å². The highest BCUT2D eigenvalue weighted by molar-refractivity contribution is 7.89. The summed E-state index contributed by atoms with van der Waals surface area (Å²) in [5, 5.41) is 12.3. The van der Waals surface area contributed by atoms with Crippen molar-refractivity contribution in [3.8, 4) is 0 Å². The van der Waals surface area contributed by atoms with Gasteiger partial charge in [0.1, 0.15) is 0 Å². The number of benzene rings is 1. The fourth-order valence-electron chi connectivity index (χ4n) is 2.14. The maximum atomic E-state index is 12.0. The van der Waals surface area contributed by atoms with Crippen LogP contribution >= 0.6 is 0 Å². The molecule has 0 saturated carbocycles. The second kappa shape index (κ2) is 7.89. The Bertz CT molecular complexity index is 526. The van der Waals surface area contributed by atoms with Crippen LogP contribution in [0.3, 0.4) is 0 Å². The lowest BCUT2D eigenvalue weighted by Crippen LogP contribution is -2.29. The molecule has 6 heteroatoms. The summed E-state index contributed by atoms with van der Waals surface area (Å²) >= 11 is 0. The molecule has 1 aromatic carbocycles. The van der Waals surface area contributed by atoms with E-state index in [4.69, 9.17) is 5.11 Å². The van der Waals surface area contributed by atoms with Crippen molar-refractivity contribution in [1.29, 1.82) is 0 Å². The summed E-state index contributed by atoms with van der Waals surface area (Å²) in [4.78, 5) is 0.303. The zero-order valence-electron chi connectivity index (χ0n) is 13.2. The van der Waals surface area contributed by atoms with Crippen LogP contribution in [0.2, 0.25) is 0 Å². The first-order valence-corrected chi connectivity index (χ1v) is 8.62. The molecule has 0 saturated heterocycles. The first kappa shape index (κ1) is 18.1. The number of aliphatic hydroxyl groups excluding tert-OH is 1. The molecule has 120 valence electrons. The number of hydrogen-bond donors (Lipinski definition) is 2. The lowest BCUT2D eigenvalue weighted by Gasteiger charge is -2.20. The smallest absolute Gasteiger partial charge is 0.242 e.